The zero-order valence-electron chi connectivity index (χ0n) is 16.0. The molecule has 0 aromatic rings. The second-order valence-corrected chi connectivity index (χ2v) is 7.28. The standard InChI is InChI=1S/C21H42O2/c1-3-5-7-9-11-12-14-16-18-20(19-21(22)23)17-15-13-10-8-6-4-2/h20H,3-19H2,1-2H3,(H,22,23). The molecular weight excluding hydrogens is 284 g/mol. The Morgan fingerprint density at radius 2 is 1.00 bits per heavy atom. The molecule has 0 spiro atoms. The molecule has 0 saturated heterocycles. The molecule has 1 atom stereocenters. The molecule has 0 rings (SSSR count). The summed E-state index contributed by atoms with van der Waals surface area (Å²) >= 11 is 0. The van der Waals surface area contributed by atoms with Gasteiger partial charge in [0.05, 0.1) is 0 Å². The summed E-state index contributed by atoms with van der Waals surface area (Å²) in [4.78, 5) is 11.0. The number of rotatable bonds is 18. The SMILES string of the molecule is CCCCCCCCCCC(CCCCCCCC)CC(=O)O. The highest BCUT2D eigenvalue weighted by atomic mass is 16.4. The van der Waals surface area contributed by atoms with Crippen LogP contribution in [0, 0.1) is 5.92 Å². The zero-order chi connectivity index (χ0) is 17.2. The van der Waals surface area contributed by atoms with E-state index < -0.39 is 5.97 Å². The van der Waals surface area contributed by atoms with Crippen molar-refractivity contribution in [3.8, 4) is 0 Å². The van der Waals surface area contributed by atoms with E-state index in [0.717, 1.165) is 12.8 Å². The topological polar surface area (TPSA) is 37.3 Å². The molecule has 0 fully saturated rings. The maximum atomic E-state index is 11.0. The molecule has 0 amide bonds. The van der Waals surface area contributed by atoms with E-state index in [-0.39, 0.29) is 0 Å². The van der Waals surface area contributed by atoms with Crippen LogP contribution in [0.4, 0.5) is 0 Å². The van der Waals surface area contributed by atoms with Crippen molar-refractivity contribution in [1.82, 2.24) is 0 Å². The summed E-state index contributed by atoms with van der Waals surface area (Å²) in [6, 6.07) is 0. The number of carboxylic acids is 1. The fraction of sp³-hybridized carbons (Fsp3) is 0.952. The molecule has 0 bridgehead atoms. The van der Waals surface area contributed by atoms with Gasteiger partial charge < -0.3 is 5.11 Å². The minimum Gasteiger partial charge on any atom is -0.481 e. The molecule has 0 aliphatic carbocycles. The molecule has 23 heavy (non-hydrogen) atoms. The maximum absolute atomic E-state index is 11.0. The van der Waals surface area contributed by atoms with E-state index in [4.69, 9.17) is 5.11 Å². The second kappa shape index (κ2) is 17.8. The first-order chi connectivity index (χ1) is 11.2. The maximum Gasteiger partial charge on any atom is 0.303 e. The molecule has 2 nitrogen and oxygen atoms in total. The van der Waals surface area contributed by atoms with Crippen molar-refractivity contribution < 1.29 is 9.90 Å². The minimum atomic E-state index is -0.611. The van der Waals surface area contributed by atoms with Gasteiger partial charge in [-0.15, -0.1) is 0 Å². The van der Waals surface area contributed by atoms with Crippen molar-refractivity contribution in [3.05, 3.63) is 0 Å². The van der Waals surface area contributed by atoms with Crippen molar-refractivity contribution in [2.75, 3.05) is 0 Å². The first-order valence-electron chi connectivity index (χ1n) is 10.4. The van der Waals surface area contributed by atoms with Crippen LogP contribution in [0.3, 0.4) is 0 Å². The van der Waals surface area contributed by atoms with Crippen LogP contribution in [-0.4, -0.2) is 11.1 Å². The molecule has 0 aromatic heterocycles. The average Bonchev–Trinajstić information content (AvgIpc) is 2.52. The summed E-state index contributed by atoms with van der Waals surface area (Å²) in [5, 5.41) is 9.08. The van der Waals surface area contributed by atoms with Crippen molar-refractivity contribution in [3.63, 3.8) is 0 Å². The normalized spacial score (nSPS) is 12.4. The van der Waals surface area contributed by atoms with E-state index in [0.29, 0.717) is 12.3 Å². The molecule has 0 heterocycles. The summed E-state index contributed by atoms with van der Waals surface area (Å²) < 4.78 is 0. The molecule has 1 unspecified atom stereocenters. The Hall–Kier alpha value is -0.530. The lowest BCUT2D eigenvalue weighted by Gasteiger charge is -2.14. The zero-order valence-corrected chi connectivity index (χ0v) is 16.0. The highest BCUT2D eigenvalue weighted by Gasteiger charge is 2.12. The van der Waals surface area contributed by atoms with Gasteiger partial charge in [-0.2, -0.15) is 0 Å². The van der Waals surface area contributed by atoms with Gasteiger partial charge in [0.2, 0.25) is 0 Å². The summed E-state index contributed by atoms with van der Waals surface area (Å²) in [6.07, 6.45) is 21.1. The van der Waals surface area contributed by atoms with E-state index >= 15 is 0 Å². The number of unbranched alkanes of at least 4 members (excludes halogenated alkanes) is 12. The van der Waals surface area contributed by atoms with Gasteiger partial charge in [-0.1, -0.05) is 104 Å². The number of carboxylic acid groups (broad SMARTS) is 1. The van der Waals surface area contributed by atoms with Crippen LogP contribution < -0.4 is 0 Å². The Bertz CT molecular complexity index is 250. The van der Waals surface area contributed by atoms with Crippen LogP contribution in [-0.2, 0) is 4.79 Å². The monoisotopic (exact) mass is 326 g/mol. The first-order valence-corrected chi connectivity index (χ1v) is 10.4. The molecule has 0 aromatic carbocycles. The lowest BCUT2D eigenvalue weighted by atomic mass is 9.91. The number of hydrogen-bond acceptors (Lipinski definition) is 1. The van der Waals surface area contributed by atoms with Gasteiger partial charge in [0, 0.05) is 6.42 Å². The number of aliphatic carboxylic acids is 1. The minimum absolute atomic E-state index is 0.380. The third-order valence-electron chi connectivity index (χ3n) is 4.90. The van der Waals surface area contributed by atoms with Gasteiger partial charge in [0.25, 0.3) is 0 Å². The Morgan fingerprint density at radius 1 is 0.652 bits per heavy atom. The van der Waals surface area contributed by atoms with E-state index in [9.17, 15) is 4.79 Å². The third-order valence-corrected chi connectivity index (χ3v) is 4.90. The fourth-order valence-corrected chi connectivity index (χ4v) is 3.38. The molecule has 2 heteroatoms. The molecule has 1 N–H and O–H groups in total. The Kier molecular flexibility index (Phi) is 17.4. The van der Waals surface area contributed by atoms with Crippen LogP contribution >= 0.6 is 0 Å². The number of hydrogen-bond donors (Lipinski definition) is 1. The van der Waals surface area contributed by atoms with Gasteiger partial charge in [-0.05, 0) is 18.8 Å². The van der Waals surface area contributed by atoms with E-state index in [1.807, 2.05) is 0 Å². The Labute approximate surface area is 145 Å². The largest absolute Gasteiger partial charge is 0.481 e. The lowest BCUT2D eigenvalue weighted by Crippen LogP contribution is -2.08. The van der Waals surface area contributed by atoms with E-state index in [2.05, 4.69) is 13.8 Å². The molecule has 0 radical (unpaired) electrons. The predicted molar refractivity (Wildman–Crippen MR) is 101 cm³/mol. The summed E-state index contributed by atoms with van der Waals surface area (Å²) in [7, 11) is 0. The number of carbonyl (C=O) groups is 1. The van der Waals surface area contributed by atoms with E-state index in [1.54, 1.807) is 0 Å². The van der Waals surface area contributed by atoms with E-state index in [1.165, 1.54) is 89.9 Å². The molecule has 138 valence electrons. The van der Waals surface area contributed by atoms with Crippen molar-refractivity contribution in [2.24, 2.45) is 5.92 Å². The molecule has 0 saturated carbocycles. The smallest absolute Gasteiger partial charge is 0.303 e. The van der Waals surface area contributed by atoms with Gasteiger partial charge in [-0.3, -0.25) is 4.79 Å². The molecular formula is C21H42O2. The van der Waals surface area contributed by atoms with Gasteiger partial charge >= 0.3 is 5.97 Å². The highest BCUT2D eigenvalue weighted by Crippen LogP contribution is 2.22. The lowest BCUT2D eigenvalue weighted by molar-refractivity contribution is -0.138. The van der Waals surface area contributed by atoms with Crippen LogP contribution in [0.1, 0.15) is 123 Å². The summed E-state index contributed by atoms with van der Waals surface area (Å²) in [5.41, 5.74) is 0. The van der Waals surface area contributed by atoms with Crippen molar-refractivity contribution in [1.29, 1.82) is 0 Å². The second-order valence-electron chi connectivity index (χ2n) is 7.28. The fourth-order valence-electron chi connectivity index (χ4n) is 3.38. The summed E-state index contributed by atoms with van der Waals surface area (Å²) in [6.45, 7) is 4.50. The highest BCUT2D eigenvalue weighted by molar-refractivity contribution is 5.66. The van der Waals surface area contributed by atoms with Crippen molar-refractivity contribution >= 4 is 5.97 Å². The van der Waals surface area contributed by atoms with Crippen LogP contribution in [0.15, 0.2) is 0 Å². The molecule has 0 aliphatic rings. The average molecular weight is 327 g/mol. The third kappa shape index (κ3) is 17.7. The quantitative estimate of drug-likeness (QED) is 0.267. The first kappa shape index (κ1) is 22.5. The van der Waals surface area contributed by atoms with Gasteiger partial charge in [0.15, 0.2) is 0 Å². The Morgan fingerprint density at radius 3 is 1.35 bits per heavy atom. The predicted octanol–water partition coefficient (Wildman–Crippen LogP) is 7.36. The van der Waals surface area contributed by atoms with Crippen molar-refractivity contribution in [2.45, 2.75) is 123 Å². The van der Waals surface area contributed by atoms with Crippen LogP contribution in [0.5, 0.6) is 0 Å². The van der Waals surface area contributed by atoms with Crippen LogP contribution in [0.25, 0.3) is 0 Å². The Balaban J connectivity index is 3.61. The van der Waals surface area contributed by atoms with Gasteiger partial charge in [-0.25, -0.2) is 0 Å². The summed E-state index contributed by atoms with van der Waals surface area (Å²) in [5.74, 6) is -0.195. The van der Waals surface area contributed by atoms with Gasteiger partial charge in [0.1, 0.15) is 0 Å². The molecule has 0 aliphatic heterocycles. The van der Waals surface area contributed by atoms with Crippen LogP contribution in [0.2, 0.25) is 0 Å².